The van der Waals surface area contributed by atoms with Crippen LogP contribution in [0.4, 0.5) is 10.5 Å². The van der Waals surface area contributed by atoms with Crippen LogP contribution in [0.25, 0.3) is 22.4 Å². The van der Waals surface area contributed by atoms with E-state index in [4.69, 9.17) is 0 Å². The Balaban J connectivity index is 1.63. The van der Waals surface area contributed by atoms with Crippen LogP contribution in [-0.4, -0.2) is 52.2 Å². The van der Waals surface area contributed by atoms with Crippen molar-refractivity contribution in [1.29, 1.82) is 0 Å². The number of benzene rings is 1. The smallest absolute Gasteiger partial charge is 0.321 e. The van der Waals surface area contributed by atoms with Gasteiger partial charge in [-0.1, -0.05) is 6.07 Å². The molecule has 1 fully saturated rings. The van der Waals surface area contributed by atoms with E-state index in [-0.39, 0.29) is 11.9 Å². The van der Waals surface area contributed by atoms with E-state index in [0.717, 1.165) is 53.9 Å². The number of pyridine rings is 1. The van der Waals surface area contributed by atoms with Gasteiger partial charge in [-0.05, 0) is 61.2 Å². The highest BCUT2D eigenvalue weighted by molar-refractivity contribution is 5.93. The lowest BCUT2D eigenvalue weighted by atomic mass is 10.0. The van der Waals surface area contributed by atoms with Crippen LogP contribution in [-0.2, 0) is 0 Å². The summed E-state index contributed by atoms with van der Waals surface area (Å²) in [5.41, 5.74) is 5.28. The first-order valence-electron chi connectivity index (χ1n) is 10.2. The van der Waals surface area contributed by atoms with Gasteiger partial charge >= 0.3 is 6.03 Å². The second kappa shape index (κ2) is 8.91. The zero-order valence-corrected chi connectivity index (χ0v) is 17.6. The molecule has 1 aromatic carbocycles. The Hall–Kier alpha value is -3.81. The molecule has 3 amide bonds. The first-order valence-corrected chi connectivity index (χ1v) is 10.2. The van der Waals surface area contributed by atoms with Gasteiger partial charge in [0, 0.05) is 43.1 Å². The van der Waals surface area contributed by atoms with Crippen molar-refractivity contribution in [2.45, 2.75) is 19.8 Å². The van der Waals surface area contributed by atoms with Crippen LogP contribution in [0.2, 0.25) is 0 Å². The van der Waals surface area contributed by atoms with Gasteiger partial charge in [-0.25, -0.2) is 4.79 Å². The van der Waals surface area contributed by atoms with Crippen molar-refractivity contribution in [3.63, 3.8) is 0 Å². The summed E-state index contributed by atoms with van der Waals surface area (Å²) >= 11 is 0. The van der Waals surface area contributed by atoms with E-state index in [1.54, 1.807) is 25.5 Å². The standard InChI is InChI=1S/C23H24N6O2/c1-15-5-6-18(27-23(31)29-9-3-4-10-29)13-19(15)20-12-17(14-26-28-20)16-7-8-25-21(11-16)22(30)24-2/h5-8,11-14H,3-4,9-10H2,1-2H3,(H,24,30)(H,27,31). The van der Waals surface area contributed by atoms with E-state index in [0.29, 0.717) is 11.4 Å². The van der Waals surface area contributed by atoms with Gasteiger partial charge in [0.15, 0.2) is 0 Å². The number of amides is 3. The molecule has 3 heterocycles. The van der Waals surface area contributed by atoms with Gasteiger partial charge < -0.3 is 15.5 Å². The summed E-state index contributed by atoms with van der Waals surface area (Å²) in [6, 6.07) is 11.2. The minimum atomic E-state index is -0.249. The van der Waals surface area contributed by atoms with E-state index in [1.165, 1.54) is 0 Å². The molecule has 2 N–H and O–H groups in total. The van der Waals surface area contributed by atoms with E-state index in [9.17, 15) is 9.59 Å². The van der Waals surface area contributed by atoms with Crippen LogP contribution in [0.5, 0.6) is 0 Å². The van der Waals surface area contributed by atoms with Crippen molar-refractivity contribution in [1.82, 2.24) is 25.4 Å². The van der Waals surface area contributed by atoms with Gasteiger partial charge in [0.1, 0.15) is 5.69 Å². The number of urea groups is 1. The predicted octanol–water partition coefficient (Wildman–Crippen LogP) is 3.50. The van der Waals surface area contributed by atoms with Crippen molar-refractivity contribution < 1.29 is 9.59 Å². The highest BCUT2D eigenvalue weighted by Crippen LogP contribution is 2.28. The van der Waals surface area contributed by atoms with Crippen LogP contribution in [0, 0.1) is 6.92 Å². The lowest BCUT2D eigenvalue weighted by Crippen LogP contribution is -2.32. The summed E-state index contributed by atoms with van der Waals surface area (Å²) in [5, 5.41) is 14.0. The van der Waals surface area contributed by atoms with Gasteiger partial charge in [-0.15, -0.1) is 0 Å². The third-order valence-corrected chi connectivity index (χ3v) is 5.37. The molecule has 0 bridgehead atoms. The van der Waals surface area contributed by atoms with Gasteiger partial charge in [-0.2, -0.15) is 10.2 Å². The van der Waals surface area contributed by atoms with Crippen molar-refractivity contribution in [2.24, 2.45) is 0 Å². The number of nitrogens with zero attached hydrogens (tertiary/aromatic N) is 4. The molecule has 158 valence electrons. The van der Waals surface area contributed by atoms with E-state index in [1.807, 2.05) is 42.2 Å². The highest BCUT2D eigenvalue weighted by Gasteiger charge is 2.18. The Morgan fingerprint density at radius 3 is 2.61 bits per heavy atom. The van der Waals surface area contributed by atoms with Gasteiger partial charge in [0.05, 0.1) is 11.9 Å². The van der Waals surface area contributed by atoms with Crippen LogP contribution in [0.15, 0.2) is 48.8 Å². The monoisotopic (exact) mass is 416 g/mol. The number of aromatic nitrogens is 3. The Morgan fingerprint density at radius 2 is 1.84 bits per heavy atom. The molecule has 3 aromatic rings. The molecular weight excluding hydrogens is 392 g/mol. The van der Waals surface area contributed by atoms with Crippen molar-refractivity contribution in [3.8, 4) is 22.4 Å². The Morgan fingerprint density at radius 1 is 1.03 bits per heavy atom. The number of carbonyl (C=O) groups is 2. The average Bonchev–Trinajstić information content (AvgIpc) is 3.35. The number of hydrogen-bond acceptors (Lipinski definition) is 5. The fraction of sp³-hybridized carbons (Fsp3) is 0.261. The van der Waals surface area contributed by atoms with Crippen molar-refractivity contribution in [2.75, 3.05) is 25.5 Å². The van der Waals surface area contributed by atoms with Crippen LogP contribution in [0.1, 0.15) is 28.9 Å². The van der Waals surface area contributed by atoms with E-state index in [2.05, 4.69) is 25.8 Å². The van der Waals surface area contributed by atoms with Crippen LogP contribution in [0.3, 0.4) is 0 Å². The predicted molar refractivity (Wildman–Crippen MR) is 119 cm³/mol. The fourth-order valence-corrected chi connectivity index (χ4v) is 3.62. The Bertz CT molecular complexity index is 1120. The number of rotatable bonds is 4. The number of anilines is 1. The molecule has 31 heavy (non-hydrogen) atoms. The molecule has 0 aliphatic carbocycles. The number of likely N-dealkylation sites (tertiary alicyclic amines) is 1. The molecule has 0 saturated carbocycles. The van der Waals surface area contributed by atoms with E-state index < -0.39 is 0 Å². The molecule has 1 saturated heterocycles. The molecule has 8 heteroatoms. The normalized spacial score (nSPS) is 13.2. The van der Waals surface area contributed by atoms with Crippen LogP contribution < -0.4 is 10.6 Å². The zero-order valence-electron chi connectivity index (χ0n) is 17.6. The third kappa shape index (κ3) is 4.53. The molecule has 8 nitrogen and oxygen atoms in total. The number of hydrogen-bond donors (Lipinski definition) is 2. The first kappa shape index (κ1) is 20.5. The Kier molecular flexibility index (Phi) is 5.88. The fourth-order valence-electron chi connectivity index (χ4n) is 3.62. The molecule has 4 rings (SSSR count). The molecule has 2 aromatic heterocycles. The third-order valence-electron chi connectivity index (χ3n) is 5.37. The summed E-state index contributed by atoms with van der Waals surface area (Å²) < 4.78 is 0. The van der Waals surface area contributed by atoms with E-state index >= 15 is 0 Å². The maximum Gasteiger partial charge on any atom is 0.321 e. The summed E-state index contributed by atoms with van der Waals surface area (Å²) in [7, 11) is 1.57. The lowest BCUT2D eigenvalue weighted by molar-refractivity contribution is 0.0958. The molecule has 0 unspecified atom stereocenters. The summed E-state index contributed by atoms with van der Waals surface area (Å²) in [4.78, 5) is 30.3. The van der Waals surface area contributed by atoms with Crippen LogP contribution >= 0.6 is 0 Å². The van der Waals surface area contributed by atoms with Gasteiger partial charge in [-0.3, -0.25) is 9.78 Å². The largest absolute Gasteiger partial charge is 0.354 e. The summed E-state index contributed by atoms with van der Waals surface area (Å²) in [5.74, 6) is -0.249. The molecule has 0 radical (unpaired) electrons. The number of carbonyl (C=O) groups excluding carboxylic acids is 2. The molecule has 1 aliphatic rings. The number of aryl methyl sites for hydroxylation is 1. The minimum Gasteiger partial charge on any atom is -0.354 e. The van der Waals surface area contributed by atoms with Crippen molar-refractivity contribution in [3.05, 3.63) is 60.0 Å². The SMILES string of the molecule is CNC(=O)c1cc(-c2cnnc(-c3cc(NC(=O)N4CCCC4)ccc3C)c2)ccn1. The topological polar surface area (TPSA) is 100 Å². The zero-order chi connectivity index (χ0) is 21.8. The van der Waals surface area contributed by atoms with Gasteiger partial charge in [0.2, 0.25) is 0 Å². The second-order valence-corrected chi connectivity index (χ2v) is 7.49. The summed E-state index contributed by atoms with van der Waals surface area (Å²) in [6.07, 6.45) is 5.34. The highest BCUT2D eigenvalue weighted by atomic mass is 16.2. The minimum absolute atomic E-state index is 0.0781. The van der Waals surface area contributed by atoms with Crippen molar-refractivity contribution >= 4 is 17.6 Å². The first-order chi connectivity index (χ1) is 15.0. The second-order valence-electron chi connectivity index (χ2n) is 7.49. The maximum atomic E-state index is 12.4. The quantitative estimate of drug-likeness (QED) is 0.678. The lowest BCUT2D eigenvalue weighted by Gasteiger charge is -2.17. The Labute approximate surface area is 180 Å². The maximum absolute atomic E-state index is 12.4. The molecule has 0 spiro atoms. The average molecular weight is 416 g/mol. The number of nitrogens with one attached hydrogen (secondary N) is 2. The van der Waals surface area contributed by atoms with Gasteiger partial charge in [0.25, 0.3) is 5.91 Å². The molecule has 1 aliphatic heterocycles. The molecular formula is C23H24N6O2. The molecule has 0 atom stereocenters. The summed E-state index contributed by atoms with van der Waals surface area (Å²) in [6.45, 7) is 3.58.